The van der Waals surface area contributed by atoms with Gasteiger partial charge in [0.05, 0.1) is 5.56 Å². The SMILES string of the molecule is Cc1ccc(C#N)c(OCC2CCCCN2C)c1. The summed E-state index contributed by atoms with van der Waals surface area (Å²) in [4.78, 5) is 2.35. The highest BCUT2D eigenvalue weighted by Crippen LogP contribution is 2.21. The maximum atomic E-state index is 9.06. The molecule has 96 valence electrons. The molecule has 3 heteroatoms. The van der Waals surface area contributed by atoms with Crippen LogP contribution in [-0.4, -0.2) is 31.1 Å². The third-order valence-electron chi connectivity index (χ3n) is 3.61. The van der Waals surface area contributed by atoms with Gasteiger partial charge in [0.1, 0.15) is 18.4 Å². The van der Waals surface area contributed by atoms with Crippen molar-refractivity contribution in [3.8, 4) is 11.8 Å². The molecule has 1 saturated heterocycles. The molecule has 0 radical (unpaired) electrons. The normalized spacial score (nSPS) is 20.4. The lowest BCUT2D eigenvalue weighted by Crippen LogP contribution is -2.40. The van der Waals surface area contributed by atoms with Crippen LogP contribution in [-0.2, 0) is 0 Å². The van der Waals surface area contributed by atoms with Crippen molar-refractivity contribution >= 4 is 0 Å². The van der Waals surface area contributed by atoms with Crippen molar-refractivity contribution < 1.29 is 4.74 Å². The number of nitrogens with zero attached hydrogens (tertiary/aromatic N) is 2. The highest BCUT2D eigenvalue weighted by Gasteiger charge is 2.19. The van der Waals surface area contributed by atoms with Crippen LogP contribution in [0, 0.1) is 18.3 Å². The van der Waals surface area contributed by atoms with Gasteiger partial charge in [-0.15, -0.1) is 0 Å². The molecule has 3 nitrogen and oxygen atoms in total. The lowest BCUT2D eigenvalue weighted by atomic mass is 10.0. The molecule has 1 unspecified atom stereocenters. The molecular formula is C15H20N2O. The summed E-state index contributed by atoms with van der Waals surface area (Å²) in [6, 6.07) is 8.38. The van der Waals surface area contributed by atoms with E-state index in [0.29, 0.717) is 18.2 Å². The van der Waals surface area contributed by atoms with Crippen molar-refractivity contribution in [3.63, 3.8) is 0 Å². The summed E-state index contributed by atoms with van der Waals surface area (Å²) in [5, 5.41) is 9.06. The van der Waals surface area contributed by atoms with Crippen LogP contribution >= 0.6 is 0 Å². The van der Waals surface area contributed by atoms with Gasteiger partial charge in [-0.3, -0.25) is 0 Å². The second kappa shape index (κ2) is 5.88. The molecule has 0 spiro atoms. The number of rotatable bonds is 3. The minimum absolute atomic E-state index is 0.478. The Morgan fingerprint density at radius 1 is 1.44 bits per heavy atom. The fourth-order valence-electron chi connectivity index (χ4n) is 2.38. The highest BCUT2D eigenvalue weighted by atomic mass is 16.5. The Morgan fingerprint density at radius 3 is 3.00 bits per heavy atom. The first-order chi connectivity index (χ1) is 8.70. The van der Waals surface area contributed by atoms with Gasteiger partial charge in [0.15, 0.2) is 0 Å². The van der Waals surface area contributed by atoms with Crippen LogP contribution in [0.4, 0.5) is 0 Å². The summed E-state index contributed by atoms with van der Waals surface area (Å²) >= 11 is 0. The van der Waals surface area contributed by atoms with Gasteiger partial charge in [0.2, 0.25) is 0 Å². The zero-order valence-electron chi connectivity index (χ0n) is 11.1. The van der Waals surface area contributed by atoms with Gasteiger partial charge in [0.25, 0.3) is 0 Å². The number of likely N-dealkylation sites (tertiary alicyclic amines) is 1. The fourth-order valence-corrected chi connectivity index (χ4v) is 2.38. The Labute approximate surface area is 109 Å². The van der Waals surface area contributed by atoms with Crippen LogP contribution in [0.15, 0.2) is 18.2 Å². The molecule has 18 heavy (non-hydrogen) atoms. The van der Waals surface area contributed by atoms with E-state index >= 15 is 0 Å². The molecule has 0 saturated carbocycles. The number of benzene rings is 1. The van der Waals surface area contributed by atoms with E-state index < -0.39 is 0 Å². The average molecular weight is 244 g/mol. The Morgan fingerprint density at radius 2 is 2.28 bits per heavy atom. The maximum Gasteiger partial charge on any atom is 0.137 e. The van der Waals surface area contributed by atoms with Crippen molar-refractivity contribution in [2.24, 2.45) is 0 Å². The second-order valence-electron chi connectivity index (χ2n) is 5.05. The molecule has 1 aromatic rings. The molecular weight excluding hydrogens is 224 g/mol. The molecule has 1 heterocycles. The van der Waals surface area contributed by atoms with E-state index in [9.17, 15) is 0 Å². The quantitative estimate of drug-likeness (QED) is 0.820. The molecule has 1 aromatic carbocycles. The molecule has 1 fully saturated rings. The minimum atomic E-state index is 0.478. The molecule has 0 amide bonds. The topological polar surface area (TPSA) is 36.3 Å². The van der Waals surface area contributed by atoms with Crippen LogP contribution < -0.4 is 4.74 Å². The van der Waals surface area contributed by atoms with E-state index in [2.05, 4.69) is 18.0 Å². The molecule has 1 aliphatic rings. The first kappa shape index (κ1) is 12.9. The zero-order valence-corrected chi connectivity index (χ0v) is 11.1. The van der Waals surface area contributed by atoms with Crippen molar-refractivity contribution in [1.29, 1.82) is 5.26 Å². The summed E-state index contributed by atoms with van der Waals surface area (Å²) in [5.74, 6) is 0.719. The van der Waals surface area contributed by atoms with E-state index in [4.69, 9.17) is 10.00 Å². The number of hydrogen-bond acceptors (Lipinski definition) is 3. The summed E-state index contributed by atoms with van der Waals surface area (Å²) in [5.41, 5.74) is 1.75. The number of ether oxygens (including phenoxy) is 1. The molecule has 1 aliphatic heterocycles. The molecule has 1 atom stereocenters. The van der Waals surface area contributed by atoms with Crippen molar-refractivity contribution in [3.05, 3.63) is 29.3 Å². The van der Waals surface area contributed by atoms with Gasteiger partial charge in [0, 0.05) is 6.04 Å². The predicted molar refractivity (Wildman–Crippen MR) is 71.7 cm³/mol. The van der Waals surface area contributed by atoms with Crippen molar-refractivity contribution in [2.75, 3.05) is 20.2 Å². The molecule has 0 N–H and O–H groups in total. The minimum Gasteiger partial charge on any atom is -0.491 e. The lowest BCUT2D eigenvalue weighted by Gasteiger charge is -2.32. The van der Waals surface area contributed by atoms with Gasteiger partial charge < -0.3 is 9.64 Å². The lowest BCUT2D eigenvalue weighted by molar-refractivity contribution is 0.125. The molecule has 2 rings (SSSR count). The van der Waals surface area contributed by atoms with Crippen LogP contribution in [0.5, 0.6) is 5.75 Å². The van der Waals surface area contributed by atoms with Crippen LogP contribution in [0.2, 0.25) is 0 Å². The van der Waals surface area contributed by atoms with E-state index in [0.717, 1.165) is 17.9 Å². The molecule has 0 aromatic heterocycles. The standard InChI is InChI=1S/C15H20N2O/c1-12-6-7-13(10-16)15(9-12)18-11-14-5-3-4-8-17(14)2/h6-7,9,14H,3-5,8,11H2,1-2H3. The maximum absolute atomic E-state index is 9.06. The number of aryl methyl sites for hydroxylation is 1. The fraction of sp³-hybridized carbons (Fsp3) is 0.533. The van der Waals surface area contributed by atoms with Gasteiger partial charge in [-0.05, 0) is 51.1 Å². The van der Waals surface area contributed by atoms with Crippen molar-refractivity contribution in [2.45, 2.75) is 32.2 Å². The van der Waals surface area contributed by atoms with E-state index in [-0.39, 0.29) is 0 Å². The Kier molecular flexibility index (Phi) is 4.22. The molecule has 0 bridgehead atoms. The third kappa shape index (κ3) is 3.02. The third-order valence-corrected chi connectivity index (χ3v) is 3.61. The van der Waals surface area contributed by atoms with Crippen LogP contribution in [0.3, 0.4) is 0 Å². The first-order valence-electron chi connectivity index (χ1n) is 6.54. The van der Waals surface area contributed by atoms with Gasteiger partial charge in [-0.1, -0.05) is 12.5 Å². The largest absolute Gasteiger partial charge is 0.491 e. The van der Waals surface area contributed by atoms with Gasteiger partial charge in [-0.25, -0.2) is 0 Å². The second-order valence-corrected chi connectivity index (χ2v) is 5.05. The number of nitriles is 1. The Balaban J connectivity index is 2.01. The summed E-state index contributed by atoms with van der Waals surface area (Å²) in [6.07, 6.45) is 3.74. The van der Waals surface area contributed by atoms with E-state index in [1.807, 2.05) is 25.1 Å². The Hall–Kier alpha value is -1.53. The van der Waals surface area contributed by atoms with Gasteiger partial charge in [-0.2, -0.15) is 5.26 Å². The van der Waals surface area contributed by atoms with Crippen molar-refractivity contribution in [1.82, 2.24) is 4.90 Å². The number of likely N-dealkylation sites (N-methyl/N-ethyl adjacent to an activating group) is 1. The summed E-state index contributed by atoms with van der Waals surface area (Å²) < 4.78 is 5.85. The van der Waals surface area contributed by atoms with Crippen LogP contribution in [0.1, 0.15) is 30.4 Å². The van der Waals surface area contributed by atoms with Crippen LogP contribution in [0.25, 0.3) is 0 Å². The van der Waals surface area contributed by atoms with E-state index in [1.54, 1.807) is 0 Å². The monoisotopic (exact) mass is 244 g/mol. The number of hydrogen-bond donors (Lipinski definition) is 0. The zero-order chi connectivity index (χ0) is 13.0. The van der Waals surface area contributed by atoms with Gasteiger partial charge >= 0.3 is 0 Å². The molecule has 0 aliphatic carbocycles. The predicted octanol–water partition coefficient (Wildman–Crippen LogP) is 2.73. The first-order valence-corrected chi connectivity index (χ1v) is 6.54. The number of piperidine rings is 1. The average Bonchev–Trinajstić information content (AvgIpc) is 2.38. The van der Waals surface area contributed by atoms with E-state index in [1.165, 1.54) is 19.3 Å². The summed E-state index contributed by atoms with van der Waals surface area (Å²) in [7, 11) is 2.15. The highest BCUT2D eigenvalue weighted by molar-refractivity contribution is 5.45. The smallest absolute Gasteiger partial charge is 0.137 e. The summed E-state index contributed by atoms with van der Waals surface area (Å²) in [6.45, 7) is 3.84. The Bertz CT molecular complexity index is 450.